The molecule has 0 aromatic carbocycles. The molecule has 0 saturated carbocycles. The van der Waals surface area contributed by atoms with Crippen LogP contribution in [0.3, 0.4) is 0 Å². The molecule has 106 valence electrons. The molecule has 1 rings (SSSR count). The molecule has 6 heteroatoms. The molecular formula is C13H21N3O3. The zero-order valence-electron chi connectivity index (χ0n) is 11.3. The summed E-state index contributed by atoms with van der Waals surface area (Å²) in [6.07, 6.45) is 6.90. The first-order chi connectivity index (χ1) is 9.13. The number of carbonyl (C=O) groups excluding carboxylic acids is 1. The predicted octanol–water partition coefficient (Wildman–Crippen LogP) is 1.67. The van der Waals surface area contributed by atoms with Crippen molar-refractivity contribution in [1.82, 2.24) is 15.1 Å². The quantitative estimate of drug-likeness (QED) is 0.666. The highest BCUT2D eigenvalue weighted by Gasteiger charge is 2.06. The second kappa shape index (κ2) is 8.29. The third-order valence-electron chi connectivity index (χ3n) is 2.82. The zero-order chi connectivity index (χ0) is 14.1. The third-order valence-corrected chi connectivity index (χ3v) is 2.82. The van der Waals surface area contributed by atoms with Gasteiger partial charge in [0.25, 0.3) is 5.91 Å². The molecule has 0 fully saturated rings. The van der Waals surface area contributed by atoms with Crippen LogP contribution >= 0.6 is 0 Å². The highest BCUT2D eigenvalue weighted by molar-refractivity contribution is 5.93. The number of hydrogen-bond donors (Lipinski definition) is 2. The first-order valence-electron chi connectivity index (χ1n) is 6.66. The Hall–Kier alpha value is -1.85. The molecule has 6 nitrogen and oxygen atoms in total. The van der Waals surface area contributed by atoms with Gasteiger partial charge in [0.15, 0.2) is 0 Å². The van der Waals surface area contributed by atoms with Crippen LogP contribution in [0.2, 0.25) is 0 Å². The van der Waals surface area contributed by atoms with E-state index in [9.17, 15) is 9.59 Å². The fraction of sp³-hybridized carbons (Fsp3) is 0.615. The molecule has 0 radical (unpaired) electrons. The van der Waals surface area contributed by atoms with Crippen LogP contribution in [0.5, 0.6) is 0 Å². The maximum atomic E-state index is 11.7. The van der Waals surface area contributed by atoms with Crippen molar-refractivity contribution in [3.63, 3.8) is 0 Å². The number of carbonyl (C=O) groups is 2. The molecule has 0 aliphatic rings. The van der Waals surface area contributed by atoms with E-state index in [0.29, 0.717) is 18.5 Å². The van der Waals surface area contributed by atoms with Crippen molar-refractivity contribution in [2.24, 2.45) is 0 Å². The summed E-state index contributed by atoms with van der Waals surface area (Å²) in [5.74, 6) is -0.855. The van der Waals surface area contributed by atoms with E-state index in [-0.39, 0.29) is 12.3 Å². The van der Waals surface area contributed by atoms with Gasteiger partial charge in [0, 0.05) is 25.7 Å². The van der Waals surface area contributed by atoms with Crippen LogP contribution in [0.25, 0.3) is 0 Å². The van der Waals surface area contributed by atoms with Gasteiger partial charge in [0.05, 0.1) is 11.8 Å². The molecule has 19 heavy (non-hydrogen) atoms. The highest BCUT2D eigenvalue weighted by Crippen LogP contribution is 2.03. The third kappa shape index (κ3) is 6.03. The van der Waals surface area contributed by atoms with Gasteiger partial charge in [-0.15, -0.1) is 0 Å². The van der Waals surface area contributed by atoms with Gasteiger partial charge >= 0.3 is 5.97 Å². The summed E-state index contributed by atoms with van der Waals surface area (Å²) in [7, 11) is 0. The average Bonchev–Trinajstić information content (AvgIpc) is 2.85. The van der Waals surface area contributed by atoms with E-state index >= 15 is 0 Å². The second-order valence-corrected chi connectivity index (χ2v) is 4.40. The van der Waals surface area contributed by atoms with Crippen LogP contribution in [-0.4, -0.2) is 33.3 Å². The molecular weight excluding hydrogens is 246 g/mol. The Bertz CT molecular complexity index is 415. The minimum absolute atomic E-state index is 0.106. The Morgan fingerprint density at radius 3 is 2.68 bits per heavy atom. The lowest BCUT2D eigenvalue weighted by Gasteiger charge is -2.03. The van der Waals surface area contributed by atoms with Crippen molar-refractivity contribution in [2.45, 2.75) is 45.6 Å². The lowest BCUT2D eigenvalue weighted by molar-refractivity contribution is -0.137. The van der Waals surface area contributed by atoms with Crippen molar-refractivity contribution >= 4 is 11.9 Å². The molecule has 1 heterocycles. The molecule has 0 bridgehead atoms. The summed E-state index contributed by atoms with van der Waals surface area (Å²) >= 11 is 0. The topological polar surface area (TPSA) is 84.2 Å². The Kier molecular flexibility index (Phi) is 6.63. The number of aliphatic carboxylic acids is 1. The maximum Gasteiger partial charge on any atom is 0.303 e. The molecule has 0 saturated heterocycles. The van der Waals surface area contributed by atoms with Crippen molar-refractivity contribution in [2.75, 3.05) is 6.54 Å². The molecule has 0 unspecified atom stereocenters. The van der Waals surface area contributed by atoms with Crippen molar-refractivity contribution in [1.29, 1.82) is 0 Å². The summed E-state index contributed by atoms with van der Waals surface area (Å²) in [5, 5.41) is 15.3. The summed E-state index contributed by atoms with van der Waals surface area (Å²) < 4.78 is 1.71. The number of carboxylic acids is 1. The van der Waals surface area contributed by atoms with Gasteiger partial charge in [-0.3, -0.25) is 14.3 Å². The van der Waals surface area contributed by atoms with E-state index in [2.05, 4.69) is 10.4 Å². The number of amides is 1. The van der Waals surface area contributed by atoms with Crippen LogP contribution in [-0.2, 0) is 11.3 Å². The van der Waals surface area contributed by atoms with Crippen molar-refractivity contribution in [3.05, 3.63) is 18.0 Å². The number of nitrogens with one attached hydrogen (secondary N) is 1. The van der Waals surface area contributed by atoms with Crippen LogP contribution in [0.4, 0.5) is 0 Å². The van der Waals surface area contributed by atoms with Crippen LogP contribution in [0.1, 0.15) is 49.4 Å². The number of unbranched alkanes of at least 4 members (excludes halogenated alkanes) is 3. The number of aromatic nitrogens is 2. The minimum Gasteiger partial charge on any atom is -0.481 e. The Balaban J connectivity index is 2.09. The molecule has 0 spiro atoms. The number of aryl methyl sites for hydroxylation is 1. The first kappa shape index (κ1) is 15.2. The lowest BCUT2D eigenvalue weighted by atomic mass is 10.1. The summed E-state index contributed by atoms with van der Waals surface area (Å²) in [6.45, 7) is 3.33. The lowest BCUT2D eigenvalue weighted by Crippen LogP contribution is -2.24. The molecule has 0 aliphatic heterocycles. The van der Waals surface area contributed by atoms with Gasteiger partial charge in [-0.25, -0.2) is 0 Å². The van der Waals surface area contributed by atoms with Gasteiger partial charge < -0.3 is 10.4 Å². The Morgan fingerprint density at radius 1 is 1.32 bits per heavy atom. The van der Waals surface area contributed by atoms with Crippen LogP contribution in [0.15, 0.2) is 12.4 Å². The summed E-state index contributed by atoms with van der Waals surface area (Å²) in [5.41, 5.74) is 0.577. The number of hydrogen-bond acceptors (Lipinski definition) is 3. The average molecular weight is 267 g/mol. The fourth-order valence-electron chi connectivity index (χ4n) is 1.71. The molecule has 2 N–H and O–H groups in total. The van der Waals surface area contributed by atoms with E-state index in [1.54, 1.807) is 17.1 Å². The van der Waals surface area contributed by atoms with Crippen molar-refractivity contribution < 1.29 is 14.7 Å². The molecule has 1 aromatic heterocycles. The van der Waals surface area contributed by atoms with Gasteiger partial charge in [-0.1, -0.05) is 12.8 Å². The normalized spacial score (nSPS) is 10.4. The smallest absolute Gasteiger partial charge is 0.303 e. The van der Waals surface area contributed by atoms with E-state index in [0.717, 1.165) is 25.8 Å². The number of nitrogens with zero attached hydrogens (tertiary/aromatic N) is 2. The standard InChI is InChI=1S/C13H21N3O3/c1-2-16-10-11(9-15-16)13(19)14-8-6-4-3-5-7-12(17)18/h9-10H,2-8H2,1H3,(H,14,19)(H,17,18). The zero-order valence-corrected chi connectivity index (χ0v) is 11.3. The molecule has 1 amide bonds. The highest BCUT2D eigenvalue weighted by atomic mass is 16.4. The Morgan fingerprint density at radius 2 is 2.05 bits per heavy atom. The summed E-state index contributed by atoms with van der Waals surface area (Å²) in [4.78, 5) is 22.0. The monoisotopic (exact) mass is 267 g/mol. The predicted molar refractivity (Wildman–Crippen MR) is 71.0 cm³/mol. The van der Waals surface area contributed by atoms with Gasteiger partial charge in [-0.05, 0) is 19.8 Å². The SMILES string of the molecule is CCn1cc(C(=O)NCCCCCCC(=O)O)cn1. The van der Waals surface area contributed by atoms with Gasteiger partial charge in [0.1, 0.15) is 0 Å². The number of carboxylic acid groups (broad SMARTS) is 1. The van der Waals surface area contributed by atoms with Crippen molar-refractivity contribution in [3.8, 4) is 0 Å². The first-order valence-corrected chi connectivity index (χ1v) is 6.66. The molecule has 0 atom stereocenters. The van der Waals surface area contributed by atoms with Crippen LogP contribution < -0.4 is 5.32 Å². The van der Waals surface area contributed by atoms with E-state index < -0.39 is 5.97 Å². The van der Waals surface area contributed by atoms with Crippen LogP contribution in [0, 0.1) is 0 Å². The molecule has 1 aromatic rings. The van der Waals surface area contributed by atoms with Gasteiger partial charge in [0.2, 0.25) is 0 Å². The fourth-order valence-corrected chi connectivity index (χ4v) is 1.71. The van der Waals surface area contributed by atoms with E-state index in [1.807, 2.05) is 6.92 Å². The van der Waals surface area contributed by atoms with E-state index in [4.69, 9.17) is 5.11 Å². The minimum atomic E-state index is -0.749. The summed E-state index contributed by atoms with van der Waals surface area (Å²) in [6, 6.07) is 0. The molecule has 0 aliphatic carbocycles. The number of rotatable bonds is 9. The van der Waals surface area contributed by atoms with Gasteiger partial charge in [-0.2, -0.15) is 5.10 Å². The largest absolute Gasteiger partial charge is 0.481 e. The Labute approximate surface area is 112 Å². The maximum absolute atomic E-state index is 11.7. The second-order valence-electron chi connectivity index (χ2n) is 4.40. The van der Waals surface area contributed by atoms with E-state index in [1.165, 1.54) is 0 Å².